The van der Waals surface area contributed by atoms with Gasteiger partial charge in [0.1, 0.15) is 5.02 Å². The van der Waals surface area contributed by atoms with Crippen LogP contribution in [0.25, 0.3) is 0 Å². The largest absolute Gasteiger partial charge is 0.368 e. The number of thioether (sulfide) groups is 2. The number of halogens is 1. The maximum absolute atomic E-state index is 6.00. The number of nitrogens with one attached hydrogen (secondary N) is 2. The predicted molar refractivity (Wildman–Crippen MR) is 76.9 cm³/mol. The van der Waals surface area contributed by atoms with Crippen molar-refractivity contribution < 1.29 is 0 Å². The summed E-state index contributed by atoms with van der Waals surface area (Å²) in [4.78, 5) is 8.09. The molecule has 0 radical (unpaired) electrons. The van der Waals surface area contributed by atoms with Gasteiger partial charge in [-0.25, -0.2) is 10.8 Å². The van der Waals surface area contributed by atoms with Crippen molar-refractivity contribution in [3.05, 3.63) is 11.2 Å². The van der Waals surface area contributed by atoms with Gasteiger partial charge in [0.05, 0.1) is 6.20 Å². The molecule has 1 unspecified atom stereocenters. The van der Waals surface area contributed by atoms with Crippen LogP contribution in [0, 0.1) is 0 Å². The number of nitrogens with zero attached hydrogens (tertiary/aromatic N) is 2. The lowest BCUT2D eigenvalue weighted by molar-refractivity contribution is 0.986. The molecule has 1 aliphatic heterocycles. The third-order valence-corrected chi connectivity index (χ3v) is 5.38. The molecular formula is C9H14ClN5S2. The van der Waals surface area contributed by atoms with Crippen LogP contribution in [0.1, 0.15) is 0 Å². The Morgan fingerprint density at radius 3 is 3.12 bits per heavy atom. The smallest absolute Gasteiger partial charge is 0.239 e. The minimum absolute atomic E-state index is 0.363. The molecule has 8 heteroatoms. The molecule has 17 heavy (non-hydrogen) atoms. The van der Waals surface area contributed by atoms with Crippen LogP contribution in [-0.2, 0) is 0 Å². The maximum Gasteiger partial charge on any atom is 0.239 e. The zero-order valence-corrected chi connectivity index (χ0v) is 11.5. The summed E-state index contributed by atoms with van der Waals surface area (Å²) < 4.78 is 0. The molecule has 5 nitrogen and oxygen atoms in total. The van der Waals surface area contributed by atoms with E-state index in [-0.39, 0.29) is 0 Å². The van der Waals surface area contributed by atoms with E-state index in [0.29, 0.717) is 22.0 Å². The summed E-state index contributed by atoms with van der Waals surface area (Å²) in [5.41, 5.74) is 2.40. The predicted octanol–water partition coefficient (Wildman–Crippen LogP) is 1.68. The Balaban J connectivity index is 1.92. The molecular weight excluding hydrogens is 278 g/mol. The van der Waals surface area contributed by atoms with Crippen LogP contribution < -0.4 is 16.6 Å². The molecule has 0 bridgehead atoms. The molecule has 0 spiro atoms. The van der Waals surface area contributed by atoms with Gasteiger partial charge in [0.15, 0.2) is 5.82 Å². The lowest BCUT2D eigenvalue weighted by Crippen LogP contribution is -2.24. The van der Waals surface area contributed by atoms with Crippen molar-refractivity contribution in [1.82, 2.24) is 9.97 Å². The van der Waals surface area contributed by atoms with Crippen molar-refractivity contribution in [3.63, 3.8) is 0 Å². The van der Waals surface area contributed by atoms with Crippen LogP contribution in [0.15, 0.2) is 6.20 Å². The summed E-state index contributed by atoms with van der Waals surface area (Å²) >= 11 is 9.98. The van der Waals surface area contributed by atoms with E-state index in [1.165, 1.54) is 23.5 Å². The normalized spacial score (nSPS) is 20.0. The van der Waals surface area contributed by atoms with Gasteiger partial charge < -0.3 is 5.32 Å². The molecule has 1 saturated heterocycles. The minimum atomic E-state index is 0.363. The third-order valence-electron chi connectivity index (χ3n) is 2.26. The maximum atomic E-state index is 6.00. The Hall–Kier alpha value is -0.370. The second-order valence-corrected chi connectivity index (χ2v) is 6.45. The Kier molecular flexibility index (Phi) is 5.02. The quantitative estimate of drug-likeness (QED) is 0.575. The van der Waals surface area contributed by atoms with Crippen LogP contribution in [0.5, 0.6) is 0 Å². The van der Waals surface area contributed by atoms with E-state index in [4.69, 9.17) is 17.4 Å². The summed E-state index contributed by atoms with van der Waals surface area (Å²) in [6.45, 7) is 0.860. The van der Waals surface area contributed by atoms with Crippen molar-refractivity contribution in [3.8, 4) is 0 Å². The molecule has 1 aromatic heterocycles. The van der Waals surface area contributed by atoms with Crippen LogP contribution in [0.3, 0.4) is 0 Å². The van der Waals surface area contributed by atoms with Crippen LogP contribution in [0.2, 0.25) is 5.02 Å². The highest BCUT2D eigenvalue weighted by Gasteiger charge is 2.15. The Morgan fingerprint density at radius 2 is 2.41 bits per heavy atom. The van der Waals surface area contributed by atoms with Crippen molar-refractivity contribution >= 4 is 46.9 Å². The van der Waals surface area contributed by atoms with Crippen molar-refractivity contribution in [2.24, 2.45) is 5.84 Å². The molecule has 1 aliphatic rings. The fourth-order valence-electron chi connectivity index (χ4n) is 1.43. The fourth-order valence-corrected chi connectivity index (χ4v) is 4.20. The van der Waals surface area contributed by atoms with Crippen molar-refractivity contribution in [2.45, 2.75) is 5.25 Å². The van der Waals surface area contributed by atoms with Gasteiger partial charge >= 0.3 is 0 Å². The number of anilines is 2. The number of hydrazine groups is 1. The summed E-state index contributed by atoms with van der Waals surface area (Å²) in [5.74, 6) is 9.88. The monoisotopic (exact) mass is 291 g/mol. The molecule has 94 valence electrons. The Labute approximate surface area is 114 Å². The SMILES string of the molecule is NNc1ncc(Cl)c(NCC2CSCCS2)n1. The molecule has 4 N–H and O–H groups in total. The molecule has 1 fully saturated rings. The summed E-state index contributed by atoms with van der Waals surface area (Å²) in [5, 5.41) is 4.36. The number of hydrogen-bond acceptors (Lipinski definition) is 7. The first-order valence-electron chi connectivity index (χ1n) is 5.22. The number of nitrogen functional groups attached to an aromatic ring is 1. The van der Waals surface area contributed by atoms with Gasteiger partial charge in [-0.3, -0.25) is 5.43 Å². The molecule has 0 amide bonds. The average Bonchev–Trinajstić information content (AvgIpc) is 2.39. The van der Waals surface area contributed by atoms with E-state index in [2.05, 4.69) is 20.7 Å². The van der Waals surface area contributed by atoms with E-state index < -0.39 is 0 Å². The van der Waals surface area contributed by atoms with Gasteiger partial charge in [0, 0.05) is 29.1 Å². The van der Waals surface area contributed by atoms with E-state index in [9.17, 15) is 0 Å². The Bertz CT molecular complexity index is 372. The topological polar surface area (TPSA) is 75.9 Å². The highest BCUT2D eigenvalue weighted by Crippen LogP contribution is 2.25. The Morgan fingerprint density at radius 1 is 1.53 bits per heavy atom. The zero-order chi connectivity index (χ0) is 12.1. The van der Waals surface area contributed by atoms with E-state index in [1.54, 1.807) is 0 Å². The standard InChI is InChI=1S/C9H14ClN5S2/c10-7-4-13-9(15-11)14-8(7)12-3-6-5-16-1-2-17-6/h4,6H,1-3,5,11H2,(H2,12,13,14,15). The number of rotatable bonds is 4. The molecule has 0 aliphatic carbocycles. The van der Waals surface area contributed by atoms with Crippen LogP contribution in [0.4, 0.5) is 11.8 Å². The first-order valence-corrected chi connectivity index (χ1v) is 7.80. The molecule has 0 saturated carbocycles. The summed E-state index contributed by atoms with van der Waals surface area (Å²) in [6.07, 6.45) is 1.54. The molecule has 1 atom stereocenters. The van der Waals surface area contributed by atoms with E-state index in [0.717, 1.165) is 6.54 Å². The fraction of sp³-hybridized carbons (Fsp3) is 0.556. The second-order valence-electron chi connectivity index (χ2n) is 3.48. The van der Waals surface area contributed by atoms with Gasteiger partial charge in [-0.1, -0.05) is 11.6 Å². The molecule has 0 aromatic carbocycles. The molecule has 1 aromatic rings. The summed E-state index contributed by atoms with van der Waals surface area (Å²) in [7, 11) is 0. The summed E-state index contributed by atoms with van der Waals surface area (Å²) in [6, 6.07) is 0. The van der Waals surface area contributed by atoms with Gasteiger partial charge in [-0.05, 0) is 0 Å². The van der Waals surface area contributed by atoms with Gasteiger partial charge in [-0.15, -0.1) is 0 Å². The van der Waals surface area contributed by atoms with Crippen molar-refractivity contribution in [1.29, 1.82) is 0 Å². The second kappa shape index (κ2) is 6.53. The van der Waals surface area contributed by atoms with Crippen molar-refractivity contribution in [2.75, 3.05) is 34.5 Å². The highest BCUT2D eigenvalue weighted by molar-refractivity contribution is 8.06. The number of nitrogens with two attached hydrogens (primary N) is 1. The third kappa shape index (κ3) is 3.80. The molecule has 2 heterocycles. The van der Waals surface area contributed by atoms with Gasteiger partial charge in [-0.2, -0.15) is 28.5 Å². The average molecular weight is 292 g/mol. The first kappa shape index (κ1) is 13.1. The van der Waals surface area contributed by atoms with E-state index in [1.807, 2.05) is 23.5 Å². The van der Waals surface area contributed by atoms with Crippen LogP contribution in [-0.4, -0.2) is 39.0 Å². The van der Waals surface area contributed by atoms with Crippen LogP contribution >= 0.6 is 35.1 Å². The van der Waals surface area contributed by atoms with Gasteiger partial charge in [0.25, 0.3) is 0 Å². The molecule has 2 rings (SSSR count). The van der Waals surface area contributed by atoms with Gasteiger partial charge in [0.2, 0.25) is 5.95 Å². The zero-order valence-electron chi connectivity index (χ0n) is 9.15. The highest BCUT2D eigenvalue weighted by atomic mass is 35.5. The lowest BCUT2D eigenvalue weighted by atomic mass is 10.4. The number of aromatic nitrogens is 2. The number of hydrogen-bond donors (Lipinski definition) is 3. The van der Waals surface area contributed by atoms with E-state index >= 15 is 0 Å². The lowest BCUT2D eigenvalue weighted by Gasteiger charge is -2.21. The first-order chi connectivity index (χ1) is 8.29. The minimum Gasteiger partial charge on any atom is -0.368 e.